The first-order valence-electron chi connectivity index (χ1n) is 9.57. The molecule has 152 valence electrons. The standard InChI is InChI=1S/C23H22N4O2S/c1-14-9-10-15(2)18(11-14)25-19(28)13-30-23-26-20-17(16-7-5-4-6-8-16)12-24-21(20)22(29)27(23)3/h4-12,24H,13H2,1-3H3,(H,25,28). The second-order valence-electron chi connectivity index (χ2n) is 7.21. The van der Waals surface area contributed by atoms with Crippen molar-refractivity contribution in [2.24, 2.45) is 7.05 Å². The van der Waals surface area contributed by atoms with Gasteiger partial charge in [-0.15, -0.1) is 0 Å². The van der Waals surface area contributed by atoms with E-state index in [0.29, 0.717) is 16.2 Å². The molecule has 0 spiro atoms. The second kappa shape index (κ2) is 8.20. The maximum Gasteiger partial charge on any atom is 0.278 e. The molecular formula is C23H22N4O2S. The van der Waals surface area contributed by atoms with Crippen molar-refractivity contribution in [1.82, 2.24) is 14.5 Å². The first-order valence-corrected chi connectivity index (χ1v) is 10.6. The molecule has 0 fully saturated rings. The van der Waals surface area contributed by atoms with E-state index >= 15 is 0 Å². The number of amides is 1. The van der Waals surface area contributed by atoms with Gasteiger partial charge in [0.05, 0.1) is 5.75 Å². The molecule has 0 saturated carbocycles. The number of hydrogen-bond donors (Lipinski definition) is 2. The molecule has 0 radical (unpaired) electrons. The summed E-state index contributed by atoms with van der Waals surface area (Å²) in [4.78, 5) is 33.0. The van der Waals surface area contributed by atoms with E-state index in [1.807, 2.05) is 62.4 Å². The number of thioether (sulfide) groups is 1. The molecular weight excluding hydrogens is 396 g/mol. The van der Waals surface area contributed by atoms with Crippen LogP contribution in [0.4, 0.5) is 5.69 Å². The number of rotatable bonds is 5. The Bertz CT molecular complexity index is 1290. The Hall–Kier alpha value is -3.32. The van der Waals surface area contributed by atoms with Gasteiger partial charge in [0.15, 0.2) is 5.16 Å². The van der Waals surface area contributed by atoms with Crippen LogP contribution in [-0.4, -0.2) is 26.2 Å². The van der Waals surface area contributed by atoms with E-state index in [-0.39, 0.29) is 17.2 Å². The molecule has 0 aliphatic carbocycles. The molecule has 4 aromatic rings. The zero-order valence-electron chi connectivity index (χ0n) is 17.0. The largest absolute Gasteiger partial charge is 0.355 e. The van der Waals surface area contributed by atoms with Crippen LogP contribution in [0, 0.1) is 13.8 Å². The predicted molar refractivity (Wildman–Crippen MR) is 122 cm³/mol. The Labute approximate surface area is 178 Å². The van der Waals surface area contributed by atoms with E-state index in [1.54, 1.807) is 13.2 Å². The smallest absolute Gasteiger partial charge is 0.278 e. The van der Waals surface area contributed by atoms with Crippen LogP contribution in [0.2, 0.25) is 0 Å². The molecule has 2 aromatic carbocycles. The highest BCUT2D eigenvalue weighted by molar-refractivity contribution is 7.99. The highest BCUT2D eigenvalue weighted by atomic mass is 32.2. The summed E-state index contributed by atoms with van der Waals surface area (Å²) in [5, 5.41) is 3.44. The lowest BCUT2D eigenvalue weighted by Gasteiger charge is -2.10. The molecule has 2 heterocycles. The van der Waals surface area contributed by atoms with Gasteiger partial charge in [0.1, 0.15) is 11.0 Å². The fourth-order valence-corrected chi connectivity index (χ4v) is 4.04. The van der Waals surface area contributed by atoms with Crippen LogP contribution >= 0.6 is 11.8 Å². The maximum atomic E-state index is 12.8. The van der Waals surface area contributed by atoms with E-state index in [2.05, 4.69) is 10.3 Å². The number of H-pyrrole nitrogens is 1. The van der Waals surface area contributed by atoms with Gasteiger partial charge >= 0.3 is 0 Å². The molecule has 0 saturated heterocycles. The minimum Gasteiger partial charge on any atom is -0.355 e. The normalized spacial score (nSPS) is 11.0. The summed E-state index contributed by atoms with van der Waals surface area (Å²) >= 11 is 1.25. The lowest BCUT2D eigenvalue weighted by molar-refractivity contribution is -0.113. The molecule has 0 aliphatic rings. The first kappa shape index (κ1) is 20.0. The highest BCUT2D eigenvalue weighted by Crippen LogP contribution is 2.27. The van der Waals surface area contributed by atoms with Crippen molar-refractivity contribution < 1.29 is 4.79 Å². The molecule has 7 heteroatoms. The average molecular weight is 419 g/mol. The molecule has 2 aromatic heterocycles. The third-order valence-corrected chi connectivity index (χ3v) is 5.98. The number of carbonyl (C=O) groups excluding carboxylic acids is 1. The zero-order valence-corrected chi connectivity index (χ0v) is 17.8. The van der Waals surface area contributed by atoms with Crippen molar-refractivity contribution in [3.63, 3.8) is 0 Å². The van der Waals surface area contributed by atoms with E-state index in [9.17, 15) is 9.59 Å². The van der Waals surface area contributed by atoms with E-state index in [1.165, 1.54) is 16.3 Å². The van der Waals surface area contributed by atoms with Gasteiger partial charge in [-0.2, -0.15) is 0 Å². The SMILES string of the molecule is Cc1ccc(C)c(NC(=O)CSc2nc3c(-c4ccccc4)c[nH]c3c(=O)n2C)c1. The third-order valence-electron chi connectivity index (χ3n) is 4.95. The quantitative estimate of drug-likeness (QED) is 0.375. The number of aromatic amines is 1. The Morgan fingerprint density at radius 3 is 2.70 bits per heavy atom. The second-order valence-corrected chi connectivity index (χ2v) is 8.15. The zero-order chi connectivity index (χ0) is 21.3. The summed E-state index contributed by atoms with van der Waals surface area (Å²) in [6, 6.07) is 15.7. The minimum absolute atomic E-state index is 0.139. The number of carbonyl (C=O) groups is 1. The number of anilines is 1. The van der Waals surface area contributed by atoms with Gasteiger partial charge in [-0.25, -0.2) is 4.98 Å². The summed E-state index contributed by atoms with van der Waals surface area (Å²) in [7, 11) is 1.67. The van der Waals surface area contributed by atoms with Crippen molar-refractivity contribution in [2.45, 2.75) is 19.0 Å². The van der Waals surface area contributed by atoms with E-state index in [4.69, 9.17) is 4.98 Å². The fourth-order valence-electron chi connectivity index (χ4n) is 3.27. The van der Waals surface area contributed by atoms with Crippen molar-refractivity contribution >= 4 is 34.4 Å². The Kier molecular flexibility index (Phi) is 5.46. The van der Waals surface area contributed by atoms with Crippen LogP contribution in [0.5, 0.6) is 0 Å². The van der Waals surface area contributed by atoms with Crippen LogP contribution in [0.25, 0.3) is 22.2 Å². The van der Waals surface area contributed by atoms with Gasteiger partial charge < -0.3 is 10.3 Å². The van der Waals surface area contributed by atoms with Crippen molar-refractivity contribution in [1.29, 1.82) is 0 Å². The number of nitrogens with zero attached hydrogens (tertiary/aromatic N) is 2. The predicted octanol–water partition coefficient (Wildman–Crippen LogP) is 4.28. The van der Waals surface area contributed by atoms with Crippen LogP contribution in [-0.2, 0) is 11.8 Å². The van der Waals surface area contributed by atoms with Gasteiger partial charge in [-0.3, -0.25) is 14.2 Å². The van der Waals surface area contributed by atoms with Crippen LogP contribution in [0.1, 0.15) is 11.1 Å². The van der Waals surface area contributed by atoms with Crippen LogP contribution < -0.4 is 10.9 Å². The molecule has 0 aliphatic heterocycles. The van der Waals surface area contributed by atoms with Gasteiger partial charge in [-0.05, 0) is 36.6 Å². The summed E-state index contributed by atoms with van der Waals surface area (Å²) in [5.74, 6) is 0.0185. The molecule has 0 bridgehead atoms. The Morgan fingerprint density at radius 1 is 1.17 bits per heavy atom. The van der Waals surface area contributed by atoms with Gasteiger partial charge in [-0.1, -0.05) is 54.2 Å². The maximum absolute atomic E-state index is 12.8. The van der Waals surface area contributed by atoms with Crippen molar-refractivity contribution in [2.75, 3.05) is 11.1 Å². The Balaban J connectivity index is 1.59. The monoisotopic (exact) mass is 418 g/mol. The van der Waals surface area contributed by atoms with Crippen LogP contribution in [0.3, 0.4) is 0 Å². The van der Waals surface area contributed by atoms with Gasteiger partial charge in [0.2, 0.25) is 5.91 Å². The van der Waals surface area contributed by atoms with Crippen molar-refractivity contribution in [3.05, 3.63) is 76.2 Å². The molecule has 4 rings (SSSR count). The lowest BCUT2D eigenvalue weighted by Crippen LogP contribution is -2.21. The summed E-state index contributed by atoms with van der Waals surface area (Å²) < 4.78 is 1.48. The molecule has 0 unspecified atom stereocenters. The highest BCUT2D eigenvalue weighted by Gasteiger charge is 2.16. The number of aryl methyl sites for hydroxylation is 2. The lowest BCUT2D eigenvalue weighted by atomic mass is 10.1. The van der Waals surface area contributed by atoms with Crippen molar-refractivity contribution in [3.8, 4) is 11.1 Å². The average Bonchev–Trinajstić information content (AvgIpc) is 3.17. The number of fused-ring (bicyclic) bond motifs is 1. The number of nitrogens with one attached hydrogen (secondary N) is 2. The van der Waals surface area contributed by atoms with Gasteiger partial charge in [0.25, 0.3) is 5.56 Å². The van der Waals surface area contributed by atoms with E-state index in [0.717, 1.165) is 27.9 Å². The summed E-state index contributed by atoms with van der Waals surface area (Å²) in [6.45, 7) is 3.94. The van der Waals surface area contributed by atoms with E-state index < -0.39 is 0 Å². The first-order chi connectivity index (χ1) is 14.4. The number of hydrogen-bond acceptors (Lipinski definition) is 4. The van der Waals surface area contributed by atoms with Gasteiger partial charge in [0, 0.05) is 24.5 Å². The third kappa shape index (κ3) is 3.89. The molecule has 0 atom stereocenters. The fraction of sp³-hybridized carbons (Fsp3) is 0.174. The molecule has 2 N–H and O–H groups in total. The van der Waals surface area contributed by atoms with Crippen LogP contribution in [0.15, 0.2) is 64.7 Å². The topological polar surface area (TPSA) is 79.8 Å². The minimum atomic E-state index is -0.167. The molecule has 1 amide bonds. The molecule has 30 heavy (non-hydrogen) atoms. The number of benzene rings is 2. The Morgan fingerprint density at radius 2 is 1.93 bits per heavy atom. The molecule has 6 nitrogen and oxygen atoms in total. The number of aromatic nitrogens is 3. The summed E-state index contributed by atoms with van der Waals surface area (Å²) in [6.07, 6.45) is 1.80. The summed E-state index contributed by atoms with van der Waals surface area (Å²) in [5.41, 5.74) is 5.64.